The van der Waals surface area contributed by atoms with Gasteiger partial charge in [-0.1, -0.05) is 60.5 Å². The second-order valence-corrected chi connectivity index (χ2v) is 8.58. The number of halogens is 2. The minimum Gasteiger partial charge on any atom is -0.373 e. The van der Waals surface area contributed by atoms with Crippen LogP contribution >= 0.6 is 11.6 Å². The fourth-order valence-corrected chi connectivity index (χ4v) is 4.84. The number of rotatable bonds is 6. The molecule has 0 fully saturated rings. The molecule has 1 unspecified atom stereocenters. The minimum absolute atomic E-state index is 0.0720. The number of nitrogens with zero attached hydrogens (tertiary/aromatic N) is 1. The zero-order chi connectivity index (χ0) is 21.3. The number of benzene rings is 2. The molecule has 30 heavy (non-hydrogen) atoms. The highest BCUT2D eigenvalue weighted by molar-refractivity contribution is 6.30. The van der Waals surface area contributed by atoms with E-state index >= 15 is 0 Å². The summed E-state index contributed by atoms with van der Waals surface area (Å²) in [6.07, 6.45) is 4.65. The van der Waals surface area contributed by atoms with Crippen LogP contribution < -0.4 is 0 Å². The molecule has 3 atom stereocenters. The lowest BCUT2D eigenvalue weighted by Gasteiger charge is -2.45. The summed E-state index contributed by atoms with van der Waals surface area (Å²) in [4.78, 5) is 0. The predicted molar refractivity (Wildman–Crippen MR) is 119 cm³/mol. The largest absolute Gasteiger partial charge is 0.373 e. The van der Waals surface area contributed by atoms with Crippen molar-refractivity contribution < 1.29 is 9.13 Å². The maximum Gasteiger partial charge on any atom is 0.141 e. The molecule has 4 rings (SSSR count). The van der Waals surface area contributed by atoms with E-state index in [0.717, 1.165) is 23.2 Å². The van der Waals surface area contributed by atoms with Crippen LogP contribution in [0.2, 0.25) is 5.02 Å². The molecule has 0 bridgehead atoms. The van der Waals surface area contributed by atoms with Crippen molar-refractivity contribution in [2.24, 2.45) is 5.41 Å². The maximum absolute atomic E-state index is 14.0. The first-order valence-electron chi connectivity index (χ1n) is 10.3. The normalized spacial score (nSPS) is 20.4. The van der Waals surface area contributed by atoms with Crippen molar-refractivity contribution in [3.05, 3.63) is 93.5 Å². The van der Waals surface area contributed by atoms with Crippen LogP contribution in [0, 0.1) is 11.2 Å². The van der Waals surface area contributed by atoms with Gasteiger partial charge in [-0.05, 0) is 55.2 Å². The van der Waals surface area contributed by atoms with E-state index < -0.39 is 5.82 Å². The summed E-state index contributed by atoms with van der Waals surface area (Å²) >= 11 is 6.22. The predicted octanol–water partition coefficient (Wildman–Crippen LogP) is 6.73. The molecule has 0 saturated carbocycles. The zero-order valence-electron chi connectivity index (χ0n) is 17.5. The zero-order valence-corrected chi connectivity index (χ0v) is 18.2. The summed E-state index contributed by atoms with van der Waals surface area (Å²) < 4.78 is 20.4. The van der Waals surface area contributed by atoms with Gasteiger partial charge in [0.25, 0.3) is 0 Å². The highest BCUT2D eigenvalue weighted by Gasteiger charge is 2.45. The van der Waals surface area contributed by atoms with Crippen LogP contribution in [0.15, 0.2) is 60.3 Å². The average molecular weight is 425 g/mol. The van der Waals surface area contributed by atoms with E-state index in [9.17, 15) is 4.39 Å². The molecule has 3 aromatic rings. The highest BCUT2D eigenvalue weighted by atomic mass is 35.5. The van der Waals surface area contributed by atoms with Gasteiger partial charge in [0.05, 0.1) is 23.0 Å². The van der Waals surface area contributed by atoms with Crippen molar-refractivity contribution in [3.63, 3.8) is 0 Å². The molecule has 3 nitrogen and oxygen atoms in total. The van der Waals surface area contributed by atoms with Crippen LogP contribution in [0.25, 0.3) is 6.08 Å². The molecule has 1 heterocycles. The van der Waals surface area contributed by atoms with Crippen LogP contribution in [0.1, 0.15) is 55.2 Å². The van der Waals surface area contributed by atoms with Crippen molar-refractivity contribution in [3.8, 4) is 0 Å². The van der Waals surface area contributed by atoms with Crippen LogP contribution in [0.4, 0.5) is 4.39 Å². The van der Waals surface area contributed by atoms with Gasteiger partial charge >= 0.3 is 0 Å². The van der Waals surface area contributed by atoms with E-state index in [1.807, 2.05) is 37.4 Å². The Morgan fingerprint density at radius 2 is 1.97 bits per heavy atom. The first kappa shape index (κ1) is 20.8. The van der Waals surface area contributed by atoms with Gasteiger partial charge in [0.15, 0.2) is 0 Å². The molecule has 0 saturated heterocycles. The Bertz CT molecular complexity index is 1060. The van der Waals surface area contributed by atoms with Gasteiger partial charge in [0, 0.05) is 17.9 Å². The molecule has 1 aliphatic rings. The number of aromatic nitrogens is 2. The minimum atomic E-state index is -0.412. The lowest BCUT2D eigenvalue weighted by molar-refractivity contribution is 0.0113. The Kier molecular flexibility index (Phi) is 5.81. The number of allylic oxidation sites excluding steroid dienone is 1. The summed E-state index contributed by atoms with van der Waals surface area (Å²) in [6, 6.07) is 15.3. The molecule has 0 radical (unpaired) electrons. The number of hydrogen-bond donors (Lipinski definition) is 1. The summed E-state index contributed by atoms with van der Waals surface area (Å²) in [5, 5.41) is 7.44. The van der Waals surface area contributed by atoms with E-state index in [2.05, 4.69) is 42.3 Å². The third-order valence-corrected chi connectivity index (χ3v) is 6.63. The SMILES string of the molecule is CCO[C@@H](c1ccccc1)[C@H](c1ccc(F)c(Cl)c1)C1(C)Cc2cn[nH]c2C=C1C. The summed E-state index contributed by atoms with van der Waals surface area (Å²) in [5.41, 5.74) is 5.24. The number of nitrogens with one attached hydrogen (secondary N) is 1. The van der Waals surface area contributed by atoms with E-state index in [1.54, 1.807) is 6.07 Å². The van der Waals surface area contributed by atoms with E-state index in [1.165, 1.54) is 17.2 Å². The van der Waals surface area contributed by atoms with Crippen LogP contribution in [0.5, 0.6) is 0 Å². The summed E-state index contributed by atoms with van der Waals surface area (Å²) in [6.45, 7) is 6.98. The Morgan fingerprint density at radius 3 is 2.67 bits per heavy atom. The van der Waals surface area contributed by atoms with Crippen LogP contribution in [-0.2, 0) is 11.2 Å². The molecule has 0 spiro atoms. The maximum atomic E-state index is 14.0. The highest BCUT2D eigenvalue weighted by Crippen LogP contribution is 2.54. The number of ether oxygens (including phenoxy) is 1. The van der Waals surface area contributed by atoms with Crippen molar-refractivity contribution in [1.82, 2.24) is 10.2 Å². The van der Waals surface area contributed by atoms with Gasteiger partial charge in [-0.3, -0.25) is 5.10 Å². The molecular formula is C25H26ClFN2O. The summed E-state index contributed by atoms with van der Waals surface area (Å²) in [5.74, 6) is -0.484. The van der Waals surface area contributed by atoms with Crippen molar-refractivity contribution in [2.75, 3.05) is 6.61 Å². The van der Waals surface area contributed by atoms with Gasteiger partial charge in [-0.25, -0.2) is 4.39 Å². The molecule has 5 heteroatoms. The Hall–Kier alpha value is -2.43. The van der Waals surface area contributed by atoms with Gasteiger partial charge < -0.3 is 4.74 Å². The second-order valence-electron chi connectivity index (χ2n) is 8.17. The molecular weight excluding hydrogens is 399 g/mol. The third-order valence-electron chi connectivity index (χ3n) is 6.34. The van der Waals surface area contributed by atoms with E-state index in [4.69, 9.17) is 16.3 Å². The van der Waals surface area contributed by atoms with Gasteiger partial charge in [0.1, 0.15) is 5.82 Å². The van der Waals surface area contributed by atoms with E-state index in [-0.39, 0.29) is 22.5 Å². The van der Waals surface area contributed by atoms with Gasteiger partial charge in [-0.15, -0.1) is 0 Å². The van der Waals surface area contributed by atoms with Gasteiger partial charge in [-0.2, -0.15) is 5.10 Å². The first-order chi connectivity index (χ1) is 14.4. The topological polar surface area (TPSA) is 37.9 Å². The number of hydrogen-bond acceptors (Lipinski definition) is 2. The molecule has 0 aliphatic heterocycles. The Balaban J connectivity index is 1.90. The number of H-pyrrole nitrogens is 1. The van der Waals surface area contributed by atoms with Crippen molar-refractivity contribution >= 4 is 17.7 Å². The fourth-order valence-electron chi connectivity index (χ4n) is 4.65. The smallest absolute Gasteiger partial charge is 0.141 e. The first-order valence-corrected chi connectivity index (χ1v) is 10.6. The monoisotopic (exact) mass is 424 g/mol. The Labute approximate surface area is 181 Å². The van der Waals surface area contributed by atoms with Crippen LogP contribution in [-0.4, -0.2) is 16.8 Å². The molecule has 156 valence electrons. The van der Waals surface area contributed by atoms with Gasteiger partial charge in [0.2, 0.25) is 0 Å². The Morgan fingerprint density at radius 1 is 1.20 bits per heavy atom. The molecule has 1 N–H and O–H groups in total. The van der Waals surface area contributed by atoms with Crippen molar-refractivity contribution in [2.45, 2.75) is 39.2 Å². The average Bonchev–Trinajstić information content (AvgIpc) is 3.18. The van der Waals surface area contributed by atoms with Crippen LogP contribution in [0.3, 0.4) is 0 Å². The quantitative estimate of drug-likeness (QED) is 0.476. The number of aromatic amines is 1. The fraction of sp³-hybridized carbons (Fsp3) is 0.320. The third kappa shape index (κ3) is 3.70. The second kappa shape index (κ2) is 8.37. The van der Waals surface area contributed by atoms with Crippen molar-refractivity contribution in [1.29, 1.82) is 0 Å². The van der Waals surface area contributed by atoms with E-state index in [0.29, 0.717) is 6.61 Å². The summed E-state index contributed by atoms with van der Waals surface area (Å²) in [7, 11) is 0. The molecule has 0 amide bonds. The molecule has 1 aromatic heterocycles. The molecule has 1 aliphatic carbocycles. The standard InChI is InChI=1S/C25H26ClFN2O/c1-4-30-24(17-8-6-5-7-9-17)23(18-10-11-21(27)20(26)13-18)25(3)14-19-15-28-29-22(19)12-16(25)2/h5-13,15,23-24H,4,14H2,1-3H3,(H,28,29)/t23-,24-,25?/m0/s1. The molecule has 2 aromatic carbocycles. The number of fused-ring (bicyclic) bond motifs is 1. The lowest BCUT2D eigenvalue weighted by Crippen LogP contribution is -2.36. The lowest BCUT2D eigenvalue weighted by atomic mass is 9.61.